The van der Waals surface area contributed by atoms with Crippen molar-refractivity contribution in [2.75, 3.05) is 6.61 Å². The minimum Gasteiger partial charge on any atom is -0.491 e. The molecule has 0 bridgehead atoms. The topological polar surface area (TPSA) is 18.5 Å². The van der Waals surface area contributed by atoms with Gasteiger partial charge in [-0.15, -0.1) is 0 Å². The van der Waals surface area contributed by atoms with Gasteiger partial charge in [-0.1, -0.05) is 37.6 Å². The van der Waals surface area contributed by atoms with Gasteiger partial charge in [-0.2, -0.15) is 8.78 Å². The van der Waals surface area contributed by atoms with Gasteiger partial charge in [0.1, 0.15) is 6.61 Å². The summed E-state index contributed by atoms with van der Waals surface area (Å²) in [5.41, 5.74) is 0.562. The zero-order valence-electron chi connectivity index (χ0n) is 21.4. The highest BCUT2D eigenvalue weighted by atomic mass is 19.2. The number of aryl methyl sites for hydroxylation is 1. The number of hydrogen-bond acceptors (Lipinski definition) is 2. The first kappa shape index (κ1) is 27.9. The molecule has 0 N–H and O–H groups in total. The molecule has 1 aliphatic carbocycles. The molecule has 0 unspecified atom stereocenters. The highest BCUT2D eigenvalue weighted by Gasteiger charge is 2.30. The van der Waals surface area contributed by atoms with E-state index in [0.29, 0.717) is 38.5 Å². The van der Waals surface area contributed by atoms with Crippen LogP contribution in [-0.2, 0) is 13.0 Å². The van der Waals surface area contributed by atoms with Crippen molar-refractivity contribution in [3.8, 4) is 11.5 Å². The highest BCUT2D eigenvalue weighted by Crippen LogP contribution is 2.43. The Labute approximate surface area is 218 Å². The van der Waals surface area contributed by atoms with Crippen LogP contribution in [0.2, 0.25) is 0 Å². The molecule has 2 nitrogen and oxygen atoms in total. The Morgan fingerprint density at radius 1 is 0.579 bits per heavy atom. The Hall–Kier alpha value is -3.16. The van der Waals surface area contributed by atoms with Crippen molar-refractivity contribution in [1.29, 1.82) is 0 Å². The van der Waals surface area contributed by atoms with Crippen molar-refractivity contribution in [1.82, 2.24) is 0 Å². The summed E-state index contributed by atoms with van der Waals surface area (Å²) in [7, 11) is 0. The van der Waals surface area contributed by atoms with Crippen molar-refractivity contribution in [2.24, 2.45) is 0 Å². The minimum atomic E-state index is -1.16. The average Bonchev–Trinajstić information content (AvgIpc) is 2.92. The number of halogens is 6. The van der Waals surface area contributed by atoms with E-state index in [-0.39, 0.29) is 52.2 Å². The fourth-order valence-corrected chi connectivity index (χ4v) is 5.18. The van der Waals surface area contributed by atoms with Gasteiger partial charge in [0.15, 0.2) is 34.8 Å². The van der Waals surface area contributed by atoms with Crippen LogP contribution in [0, 0.1) is 34.9 Å². The summed E-state index contributed by atoms with van der Waals surface area (Å²) >= 11 is 0. The molecule has 38 heavy (non-hydrogen) atoms. The van der Waals surface area contributed by atoms with Crippen molar-refractivity contribution in [3.63, 3.8) is 0 Å². The van der Waals surface area contributed by atoms with Gasteiger partial charge in [0, 0.05) is 5.56 Å². The van der Waals surface area contributed by atoms with E-state index in [2.05, 4.69) is 0 Å². The second-order valence-electron chi connectivity index (χ2n) is 9.59. The van der Waals surface area contributed by atoms with Gasteiger partial charge in [-0.3, -0.25) is 0 Å². The molecular formula is C30H30F6O2. The fraction of sp³-hybridized carbons (Fsp3) is 0.400. The molecule has 0 amide bonds. The van der Waals surface area contributed by atoms with Crippen molar-refractivity contribution < 1.29 is 35.8 Å². The summed E-state index contributed by atoms with van der Waals surface area (Å²) in [6, 6.07) is 8.49. The van der Waals surface area contributed by atoms with Crippen LogP contribution in [0.4, 0.5) is 26.3 Å². The molecule has 0 atom stereocenters. The van der Waals surface area contributed by atoms with Crippen LogP contribution >= 0.6 is 0 Å². The average molecular weight is 537 g/mol. The summed E-state index contributed by atoms with van der Waals surface area (Å²) in [5.74, 6) is -7.27. The molecule has 3 aromatic carbocycles. The van der Waals surface area contributed by atoms with Gasteiger partial charge >= 0.3 is 0 Å². The lowest BCUT2D eigenvalue weighted by molar-refractivity contribution is 0.276. The van der Waals surface area contributed by atoms with Crippen molar-refractivity contribution in [3.05, 3.63) is 93.6 Å². The zero-order chi connectivity index (χ0) is 27.4. The SMILES string of the molecule is CCCc1ccc(OCc2ccc(C3CCC(c4ccc(OCC)c(F)c4F)CC3)c(F)c2F)c(F)c1F. The van der Waals surface area contributed by atoms with Crippen LogP contribution < -0.4 is 9.47 Å². The van der Waals surface area contributed by atoms with E-state index in [9.17, 15) is 22.0 Å². The van der Waals surface area contributed by atoms with Crippen LogP contribution in [0.15, 0.2) is 36.4 Å². The highest BCUT2D eigenvalue weighted by molar-refractivity contribution is 5.35. The molecular weight excluding hydrogens is 506 g/mol. The molecule has 0 radical (unpaired) electrons. The Morgan fingerprint density at radius 2 is 1.05 bits per heavy atom. The molecule has 1 aliphatic rings. The quantitative estimate of drug-likeness (QED) is 0.254. The van der Waals surface area contributed by atoms with E-state index in [1.54, 1.807) is 6.92 Å². The van der Waals surface area contributed by atoms with Crippen LogP contribution in [-0.4, -0.2) is 6.61 Å². The third-order valence-corrected chi connectivity index (χ3v) is 7.20. The lowest BCUT2D eigenvalue weighted by atomic mass is 9.75. The zero-order valence-corrected chi connectivity index (χ0v) is 21.4. The molecule has 0 aromatic heterocycles. The van der Waals surface area contributed by atoms with Crippen LogP contribution in [0.25, 0.3) is 0 Å². The molecule has 0 spiro atoms. The lowest BCUT2D eigenvalue weighted by Crippen LogP contribution is -2.16. The van der Waals surface area contributed by atoms with Crippen LogP contribution in [0.1, 0.15) is 80.0 Å². The maximum Gasteiger partial charge on any atom is 0.200 e. The summed E-state index contributed by atoms with van der Waals surface area (Å²) < 4.78 is 97.7. The van der Waals surface area contributed by atoms with E-state index >= 15 is 4.39 Å². The Balaban J connectivity index is 1.42. The molecule has 0 saturated heterocycles. The first-order chi connectivity index (χ1) is 18.3. The van der Waals surface area contributed by atoms with Crippen LogP contribution in [0.3, 0.4) is 0 Å². The number of benzene rings is 3. The summed E-state index contributed by atoms with van der Waals surface area (Å²) in [5, 5.41) is 0. The first-order valence-electron chi connectivity index (χ1n) is 12.9. The largest absolute Gasteiger partial charge is 0.491 e. The van der Waals surface area contributed by atoms with E-state index in [4.69, 9.17) is 9.47 Å². The van der Waals surface area contributed by atoms with Gasteiger partial charge in [-0.25, -0.2) is 17.6 Å². The third-order valence-electron chi connectivity index (χ3n) is 7.20. The first-order valence-corrected chi connectivity index (χ1v) is 12.9. The molecule has 4 rings (SSSR count). The summed E-state index contributed by atoms with van der Waals surface area (Å²) in [6.07, 6.45) is 2.93. The Morgan fingerprint density at radius 3 is 1.66 bits per heavy atom. The smallest absolute Gasteiger partial charge is 0.200 e. The monoisotopic (exact) mass is 536 g/mol. The second-order valence-corrected chi connectivity index (χ2v) is 9.59. The Bertz CT molecular complexity index is 1280. The molecule has 1 fully saturated rings. The third kappa shape index (κ3) is 5.64. The van der Waals surface area contributed by atoms with Gasteiger partial charge in [-0.05, 0) is 79.7 Å². The molecule has 0 aliphatic heterocycles. The number of ether oxygens (including phenoxy) is 2. The Kier molecular flexibility index (Phi) is 8.90. The van der Waals surface area contributed by atoms with Crippen LogP contribution in [0.5, 0.6) is 11.5 Å². The molecule has 8 heteroatoms. The summed E-state index contributed by atoms with van der Waals surface area (Å²) in [4.78, 5) is 0. The van der Waals surface area contributed by atoms with E-state index in [0.717, 1.165) is 0 Å². The predicted molar refractivity (Wildman–Crippen MR) is 133 cm³/mol. The fourth-order valence-electron chi connectivity index (χ4n) is 5.18. The molecule has 1 saturated carbocycles. The number of hydrogen-bond donors (Lipinski definition) is 0. The minimum absolute atomic E-state index is 0.121. The molecule has 0 heterocycles. The number of rotatable bonds is 9. The normalized spacial score (nSPS) is 17.5. The molecule has 3 aromatic rings. The maximum atomic E-state index is 15.0. The van der Waals surface area contributed by atoms with Crippen molar-refractivity contribution >= 4 is 0 Å². The molecule has 204 valence electrons. The van der Waals surface area contributed by atoms with E-state index in [1.807, 2.05) is 6.92 Å². The summed E-state index contributed by atoms with van der Waals surface area (Å²) in [6.45, 7) is 3.27. The van der Waals surface area contributed by atoms with E-state index in [1.165, 1.54) is 36.4 Å². The standard InChI is InChI=1S/C30H30F6O2/c1-3-5-19-11-14-24(29(35)25(19)31)38-16-20-10-12-21(27(33)26(20)32)17-6-8-18(9-7-17)22-13-15-23(37-4-2)30(36)28(22)34/h10-15,17-18H,3-9,16H2,1-2H3. The second kappa shape index (κ2) is 12.1. The lowest BCUT2D eigenvalue weighted by Gasteiger charge is -2.30. The predicted octanol–water partition coefficient (Wildman–Crippen LogP) is 8.89. The maximum absolute atomic E-state index is 15.0. The van der Waals surface area contributed by atoms with Gasteiger partial charge in [0.2, 0.25) is 11.6 Å². The van der Waals surface area contributed by atoms with Crippen molar-refractivity contribution in [2.45, 2.75) is 70.8 Å². The van der Waals surface area contributed by atoms with E-state index < -0.39 is 41.5 Å². The van der Waals surface area contributed by atoms with Gasteiger partial charge in [0.25, 0.3) is 0 Å². The van der Waals surface area contributed by atoms with Gasteiger partial charge < -0.3 is 9.47 Å². The van der Waals surface area contributed by atoms with Gasteiger partial charge in [0.05, 0.1) is 6.61 Å².